The van der Waals surface area contributed by atoms with Gasteiger partial charge >= 0.3 is 12.2 Å². The number of hydrogen-bond donors (Lipinski definition) is 3. The number of carbonyl (C=O) groups is 2. The van der Waals surface area contributed by atoms with E-state index in [1.54, 1.807) is 12.4 Å². The Morgan fingerprint density at radius 2 is 1.20 bits per heavy atom. The second-order valence-corrected chi connectivity index (χ2v) is 14.1. The van der Waals surface area contributed by atoms with E-state index >= 15 is 0 Å². The third-order valence-corrected chi connectivity index (χ3v) is 7.74. The number of likely N-dealkylation sites (tertiary alicyclic amines) is 1. The lowest BCUT2D eigenvalue weighted by Crippen LogP contribution is -2.40. The van der Waals surface area contributed by atoms with Crippen molar-refractivity contribution in [2.24, 2.45) is 11.8 Å². The van der Waals surface area contributed by atoms with Gasteiger partial charge < -0.3 is 25.4 Å². The Kier molecular flexibility index (Phi) is 20.3. The van der Waals surface area contributed by atoms with Gasteiger partial charge in [0.1, 0.15) is 11.2 Å². The lowest BCUT2D eigenvalue weighted by Gasteiger charge is -2.32. The van der Waals surface area contributed by atoms with Crippen LogP contribution in [0.25, 0.3) is 0 Å². The fourth-order valence-corrected chi connectivity index (χ4v) is 5.11. The van der Waals surface area contributed by atoms with Gasteiger partial charge in [0.2, 0.25) is 0 Å². The summed E-state index contributed by atoms with van der Waals surface area (Å²) >= 11 is 3.33. The highest BCUT2D eigenvalue weighted by molar-refractivity contribution is 9.08. The number of alkyl carbamates (subject to hydrolysis) is 2. The first-order valence-electron chi connectivity index (χ1n) is 16.0. The van der Waals surface area contributed by atoms with Gasteiger partial charge in [-0.25, -0.2) is 9.59 Å². The number of piperidine rings is 2. The summed E-state index contributed by atoms with van der Waals surface area (Å²) in [6.45, 7) is 17.9. The van der Waals surface area contributed by atoms with Crippen LogP contribution >= 0.6 is 32.9 Å². The average Bonchev–Trinajstić information content (AvgIpc) is 3.00. The van der Waals surface area contributed by atoms with Crippen molar-refractivity contribution in [2.45, 2.75) is 90.3 Å². The Hall–Kier alpha value is -2.28. The van der Waals surface area contributed by atoms with Gasteiger partial charge in [0.25, 0.3) is 0 Å². The molecule has 10 nitrogen and oxygen atoms in total. The van der Waals surface area contributed by atoms with Crippen molar-refractivity contribution in [1.29, 1.82) is 0 Å². The predicted octanol–water partition coefficient (Wildman–Crippen LogP) is 6.88. The lowest BCUT2D eigenvalue weighted by atomic mass is 9.96. The number of ether oxygens (including phenoxy) is 2. The molecule has 12 heteroatoms. The second kappa shape index (κ2) is 22.3. The van der Waals surface area contributed by atoms with Gasteiger partial charge in [-0.05, 0) is 141 Å². The monoisotopic (exact) mass is 770 g/mol. The third kappa shape index (κ3) is 20.8. The Balaban J connectivity index is 0.000000380. The van der Waals surface area contributed by atoms with E-state index in [4.69, 9.17) is 9.47 Å². The molecular weight excluding hydrogens is 716 g/mol. The van der Waals surface area contributed by atoms with E-state index in [9.17, 15) is 9.59 Å². The van der Waals surface area contributed by atoms with E-state index in [0.717, 1.165) is 70.3 Å². The number of carbonyl (C=O) groups excluding carboxylic acids is 2. The molecule has 2 aromatic rings. The number of pyridine rings is 2. The SMILES string of the molecule is Br.BrCc1ccncc1.CC(C)(C)OC(=O)NCC1CCN(Cc2ccncc2)CC1.CC(C)(C)OC(=O)NCC1CCNCC1. The summed E-state index contributed by atoms with van der Waals surface area (Å²) in [6, 6.07) is 8.09. The van der Waals surface area contributed by atoms with E-state index in [-0.39, 0.29) is 29.2 Å². The first-order chi connectivity index (χ1) is 21.3. The molecule has 3 N–H and O–H groups in total. The highest BCUT2D eigenvalue weighted by Crippen LogP contribution is 2.18. The quantitative estimate of drug-likeness (QED) is 0.261. The maximum absolute atomic E-state index is 11.7. The largest absolute Gasteiger partial charge is 0.444 e. The Morgan fingerprint density at radius 3 is 1.59 bits per heavy atom. The molecule has 2 saturated heterocycles. The predicted molar refractivity (Wildman–Crippen MR) is 193 cm³/mol. The van der Waals surface area contributed by atoms with E-state index in [0.29, 0.717) is 18.4 Å². The van der Waals surface area contributed by atoms with Crippen LogP contribution in [0.5, 0.6) is 0 Å². The van der Waals surface area contributed by atoms with Crippen molar-refractivity contribution >= 4 is 45.1 Å². The minimum absolute atomic E-state index is 0. The maximum atomic E-state index is 11.7. The van der Waals surface area contributed by atoms with Crippen LogP contribution in [0.2, 0.25) is 0 Å². The second-order valence-electron chi connectivity index (χ2n) is 13.5. The molecule has 46 heavy (non-hydrogen) atoms. The summed E-state index contributed by atoms with van der Waals surface area (Å²) in [5.74, 6) is 1.14. The van der Waals surface area contributed by atoms with Crippen LogP contribution in [-0.4, -0.2) is 77.5 Å². The Labute approximate surface area is 295 Å². The minimum Gasteiger partial charge on any atom is -0.444 e. The Morgan fingerprint density at radius 1 is 0.783 bits per heavy atom. The van der Waals surface area contributed by atoms with Gasteiger partial charge in [-0.1, -0.05) is 15.9 Å². The molecule has 2 aliphatic heterocycles. The number of rotatable bonds is 7. The van der Waals surface area contributed by atoms with Crippen LogP contribution in [-0.2, 0) is 21.3 Å². The number of aromatic nitrogens is 2. The normalized spacial score (nSPS) is 15.9. The van der Waals surface area contributed by atoms with Crippen LogP contribution < -0.4 is 16.0 Å². The van der Waals surface area contributed by atoms with Crippen LogP contribution in [0.1, 0.15) is 78.4 Å². The number of hydrogen-bond acceptors (Lipinski definition) is 8. The number of alkyl halides is 1. The Bertz CT molecular complexity index is 1090. The van der Waals surface area contributed by atoms with Gasteiger partial charge in [0, 0.05) is 49.8 Å². The van der Waals surface area contributed by atoms with Gasteiger partial charge in [-0.15, -0.1) is 17.0 Å². The molecule has 2 aliphatic rings. The van der Waals surface area contributed by atoms with Gasteiger partial charge in [0.15, 0.2) is 0 Å². The molecule has 0 unspecified atom stereocenters. The molecule has 2 aromatic heterocycles. The smallest absolute Gasteiger partial charge is 0.407 e. The van der Waals surface area contributed by atoms with Crippen molar-refractivity contribution in [2.75, 3.05) is 39.3 Å². The molecular formula is C34H56Br2N6O4. The van der Waals surface area contributed by atoms with Crippen molar-refractivity contribution in [3.63, 3.8) is 0 Å². The molecule has 4 rings (SSSR count). The number of nitrogens with zero attached hydrogens (tertiary/aromatic N) is 3. The van der Waals surface area contributed by atoms with Crippen molar-refractivity contribution in [3.05, 3.63) is 60.2 Å². The zero-order valence-corrected chi connectivity index (χ0v) is 31.8. The summed E-state index contributed by atoms with van der Waals surface area (Å²) in [6.07, 6.45) is 11.1. The van der Waals surface area contributed by atoms with Gasteiger partial charge in [-0.3, -0.25) is 14.9 Å². The topological polar surface area (TPSA) is 118 Å². The van der Waals surface area contributed by atoms with E-state index in [2.05, 4.69) is 58.9 Å². The number of halogens is 2. The number of nitrogens with one attached hydrogen (secondary N) is 3. The van der Waals surface area contributed by atoms with E-state index in [1.807, 2.05) is 66.1 Å². The minimum atomic E-state index is -0.433. The third-order valence-electron chi connectivity index (χ3n) is 7.09. The summed E-state index contributed by atoms with van der Waals surface area (Å²) in [7, 11) is 0. The molecule has 2 amide bonds. The van der Waals surface area contributed by atoms with Crippen molar-refractivity contribution < 1.29 is 19.1 Å². The zero-order chi connectivity index (χ0) is 33.1. The van der Waals surface area contributed by atoms with Crippen LogP contribution in [0.15, 0.2) is 49.1 Å². The molecule has 2 fully saturated rings. The fraction of sp³-hybridized carbons (Fsp3) is 0.647. The molecule has 0 radical (unpaired) electrons. The van der Waals surface area contributed by atoms with Crippen LogP contribution in [0.3, 0.4) is 0 Å². The van der Waals surface area contributed by atoms with Crippen molar-refractivity contribution in [1.82, 2.24) is 30.8 Å². The first kappa shape index (κ1) is 41.7. The first-order valence-corrected chi connectivity index (χ1v) is 17.2. The standard InChI is InChI=1S/C17H27N3O2.C11H22N2O2.C6H6BrN.BrH/c1-17(2,3)22-16(21)19-12-14-6-10-20(11-7-14)13-15-4-8-18-9-5-15;1-11(2,3)15-10(14)13-8-9-4-6-12-7-5-9;7-5-6-1-3-8-4-2-6;/h4-5,8-9,14H,6-7,10-13H2,1-3H3,(H,19,21);9,12H,4-8H2,1-3H3,(H,13,14);1-4H,5H2;1H. The molecule has 260 valence electrons. The molecule has 0 aromatic carbocycles. The zero-order valence-electron chi connectivity index (χ0n) is 28.5. The summed E-state index contributed by atoms with van der Waals surface area (Å²) in [5.41, 5.74) is 1.73. The highest BCUT2D eigenvalue weighted by atomic mass is 79.9. The average molecular weight is 773 g/mol. The van der Waals surface area contributed by atoms with Crippen molar-refractivity contribution in [3.8, 4) is 0 Å². The molecule has 4 heterocycles. The van der Waals surface area contributed by atoms with Crippen LogP contribution in [0.4, 0.5) is 9.59 Å². The summed E-state index contributed by atoms with van der Waals surface area (Å²) < 4.78 is 10.4. The van der Waals surface area contributed by atoms with Crippen LogP contribution in [0, 0.1) is 11.8 Å². The molecule has 0 saturated carbocycles. The highest BCUT2D eigenvalue weighted by Gasteiger charge is 2.22. The molecule has 0 atom stereocenters. The van der Waals surface area contributed by atoms with E-state index < -0.39 is 11.2 Å². The summed E-state index contributed by atoms with van der Waals surface area (Å²) in [4.78, 5) is 33.4. The fourth-order valence-electron chi connectivity index (χ4n) is 4.74. The lowest BCUT2D eigenvalue weighted by molar-refractivity contribution is 0.0501. The maximum Gasteiger partial charge on any atom is 0.407 e. The van der Waals surface area contributed by atoms with Gasteiger partial charge in [-0.2, -0.15) is 0 Å². The van der Waals surface area contributed by atoms with Gasteiger partial charge in [0.05, 0.1) is 0 Å². The van der Waals surface area contributed by atoms with E-state index in [1.165, 1.54) is 11.1 Å². The number of amides is 2. The summed E-state index contributed by atoms with van der Waals surface area (Å²) in [5, 5.41) is 9.91. The molecule has 0 aliphatic carbocycles. The molecule has 0 spiro atoms. The molecule has 0 bridgehead atoms.